The first-order valence-electron chi connectivity index (χ1n) is 6.95. The van der Waals surface area contributed by atoms with E-state index in [2.05, 4.69) is 23.3 Å². The van der Waals surface area contributed by atoms with Crippen molar-refractivity contribution >= 4 is 0 Å². The van der Waals surface area contributed by atoms with Crippen molar-refractivity contribution in [2.75, 3.05) is 0 Å². The van der Waals surface area contributed by atoms with Crippen molar-refractivity contribution in [1.29, 1.82) is 0 Å². The zero-order valence-corrected chi connectivity index (χ0v) is 10.6. The highest BCUT2D eigenvalue weighted by Gasteiger charge is 2.41. The van der Waals surface area contributed by atoms with Gasteiger partial charge in [0.05, 0.1) is 0 Å². The number of aromatic nitrogens is 1. The molecule has 2 fully saturated rings. The molecule has 1 heterocycles. The van der Waals surface area contributed by atoms with E-state index in [0.29, 0.717) is 6.04 Å². The molecule has 0 amide bonds. The number of hydrogen-bond acceptors (Lipinski definition) is 2. The van der Waals surface area contributed by atoms with Gasteiger partial charge in [-0.3, -0.25) is 4.98 Å². The average Bonchev–Trinajstić information content (AvgIpc) is 2.99. The third-order valence-electron chi connectivity index (χ3n) is 4.79. The summed E-state index contributed by atoms with van der Waals surface area (Å²) in [6.45, 7) is 3.32. The summed E-state index contributed by atoms with van der Waals surface area (Å²) in [4.78, 5) is 4.16. The second-order valence-corrected chi connectivity index (χ2v) is 5.87. The topological polar surface area (TPSA) is 24.9 Å². The average molecular weight is 230 g/mol. The Morgan fingerprint density at radius 1 is 1.41 bits per heavy atom. The van der Waals surface area contributed by atoms with Gasteiger partial charge in [0.25, 0.3) is 0 Å². The molecule has 2 nitrogen and oxygen atoms in total. The predicted molar refractivity (Wildman–Crippen MR) is 69.5 cm³/mol. The summed E-state index contributed by atoms with van der Waals surface area (Å²) in [7, 11) is 0. The molecule has 2 aliphatic rings. The highest BCUT2D eigenvalue weighted by atomic mass is 14.9. The maximum absolute atomic E-state index is 4.16. The Labute approximate surface area is 104 Å². The quantitative estimate of drug-likeness (QED) is 0.860. The van der Waals surface area contributed by atoms with Crippen LogP contribution in [0.15, 0.2) is 24.5 Å². The van der Waals surface area contributed by atoms with Gasteiger partial charge >= 0.3 is 0 Å². The molecular formula is C15H22N2. The molecule has 0 spiro atoms. The van der Waals surface area contributed by atoms with E-state index in [-0.39, 0.29) is 0 Å². The lowest BCUT2D eigenvalue weighted by Gasteiger charge is -2.28. The maximum Gasteiger partial charge on any atom is 0.0312 e. The lowest BCUT2D eigenvalue weighted by molar-refractivity contribution is 0.259. The molecule has 0 saturated heterocycles. The van der Waals surface area contributed by atoms with E-state index in [4.69, 9.17) is 0 Å². The minimum atomic E-state index is 0.658. The fraction of sp³-hybridized carbons (Fsp3) is 0.667. The first-order valence-corrected chi connectivity index (χ1v) is 6.95. The second kappa shape index (κ2) is 4.77. The predicted octanol–water partition coefficient (Wildman–Crippen LogP) is 3.00. The fourth-order valence-electron chi connectivity index (χ4n) is 3.84. The molecule has 1 N–H and O–H groups in total. The number of fused-ring (bicyclic) bond motifs is 2. The molecule has 0 aliphatic heterocycles. The molecule has 2 saturated carbocycles. The highest BCUT2D eigenvalue weighted by Crippen LogP contribution is 2.49. The maximum atomic E-state index is 4.16. The summed E-state index contributed by atoms with van der Waals surface area (Å²) in [5.41, 5.74) is 1.29. The minimum Gasteiger partial charge on any atom is -0.310 e. The van der Waals surface area contributed by atoms with Gasteiger partial charge in [-0.25, -0.2) is 0 Å². The summed E-state index contributed by atoms with van der Waals surface area (Å²) >= 11 is 0. The number of hydrogen-bond donors (Lipinski definition) is 1. The van der Waals surface area contributed by atoms with Gasteiger partial charge in [-0.05, 0) is 55.6 Å². The van der Waals surface area contributed by atoms with Crippen molar-refractivity contribution in [3.05, 3.63) is 30.1 Å². The number of rotatable bonds is 4. The van der Waals surface area contributed by atoms with Crippen LogP contribution in [0.25, 0.3) is 0 Å². The smallest absolute Gasteiger partial charge is 0.0312 e. The van der Waals surface area contributed by atoms with E-state index >= 15 is 0 Å². The summed E-state index contributed by atoms with van der Waals surface area (Å²) in [6, 6.07) is 4.82. The highest BCUT2D eigenvalue weighted by molar-refractivity contribution is 5.08. The summed E-state index contributed by atoms with van der Waals surface area (Å²) in [5.74, 6) is 2.98. The number of nitrogens with zero attached hydrogens (tertiary/aromatic N) is 1. The Bertz CT molecular complexity index is 362. The van der Waals surface area contributed by atoms with Crippen LogP contribution < -0.4 is 5.32 Å². The van der Waals surface area contributed by atoms with Crippen LogP contribution in [0.2, 0.25) is 0 Å². The van der Waals surface area contributed by atoms with Gasteiger partial charge in [0.1, 0.15) is 0 Å². The molecule has 3 rings (SSSR count). The number of pyridine rings is 1. The van der Waals surface area contributed by atoms with Crippen molar-refractivity contribution in [3.63, 3.8) is 0 Å². The van der Waals surface area contributed by atoms with Gasteiger partial charge in [0.2, 0.25) is 0 Å². The Kier molecular flexibility index (Phi) is 3.15. The zero-order valence-electron chi connectivity index (χ0n) is 10.6. The fourth-order valence-corrected chi connectivity index (χ4v) is 3.84. The van der Waals surface area contributed by atoms with E-state index in [9.17, 15) is 0 Å². The van der Waals surface area contributed by atoms with Gasteiger partial charge < -0.3 is 5.32 Å². The Hall–Kier alpha value is -0.890. The van der Waals surface area contributed by atoms with E-state index in [0.717, 1.165) is 24.3 Å². The van der Waals surface area contributed by atoms with E-state index < -0.39 is 0 Å². The monoisotopic (exact) mass is 230 g/mol. The molecule has 0 aromatic carbocycles. The third-order valence-corrected chi connectivity index (χ3v) is 4.79. The Balaban J connectivity index is 1.52. The van der Waals surface area contributed by atoms with Crippen LogP contribution in [-0.4, -0.2) is 11.0 Å². The summed E-state index contributed by atoms with van der Waals surface area (Å²) in [5, 5.41) is 3.69. The molecule has 4 unspecified atom stereocenters. The molecule has 2 aliphatic carbocycles. The number of nitrogens with one attached hydrogen (secondary N) is 1. The van der Waals surface area contributed by atoms with Crippen molar-refractivity contribution in [2.24, 2.45) is 17.8 Å². The van der Waals surface area contributed by atoms with Crippen LogP contribution in [0.4, 0.5) is 0 Å². The van der Waals surface area contributed by atoms with Gasteiger partial charge in [0.15, 0.2) is 0 Å². The normalized spacial score (nSPS) is 32.9. The first-order chi connectivity index (χ1) is 8.33. The van der Waals surface area contributed by atoms with Crippen molar-refractivity contribution < 1.29 is 0 Å². The zero-order chi connectivity index (χ0) is 11.7. The van der Waals surface area contributed by atoms with Crippen LogP contribution in [0, 0.1) is 17.8 Å². The molecular weight excluding hydrogens is 208 g/mol. The molecule has 4 atom stereocenters. The van der Waals surface area contributed by atoms with Gasteiger partial charge in [-0.2, -0.15) is 0 Å². The van der Waals surface area contributed by atoms with E-state index in [1.165, 1.54) is 31.2 Å². The van der Waals surface area contributed by atoms with Crippen LogP contribution in [0.5, 0.6) is 0 Å². The Morgan fingerprint density at radius 3 is 3.00 bits per heavy atom. The summed E-state index contributed by atoms with van der Waals surface area (Å²) < 4.78 is 0. The molecule has 17 heavy (non-hydrogen) atoms. The molecule has 2 heteroatoms. The van der Waals surface area contributed by atoms with E-state index in [1.807, 2.05) is 18.5 Å². The van der Waals surface area contributed by atoms with Gasteiger partial charge in [-0.15, -0.1) is 0 Å². The third kappa shape index (κ3) is 2.37. The van der Waals surface area contributed by atoms with Crippen LogP contribution in [0.1, 0.15) is 38.2 Å². The standard InChI is InChI=1S/C15H22N2/c1-11(15-8-12-4-5-14(15)7-12)17-10-13-3-2-6-16-9-13/h2-3,6,9,11-12,14-15,17H,4-5,7-8,10H2,1H3. The van der Waals surface area contributed by atoms with Gasteiger partial charge in [-0.1, -0.05) is 12.5 Å². The Morgan fingerprint density at radius 2 is 2.35 bits per heavy atom. The minimum absolute atomic E-state index is 0.658. The summed E-state index contributed by atoms with van der Waals surface area (Å²) in [6.07, 6.45) is 9.74. The lowest BCUT2D eigenvalue weighted by Crippen LogP contribution is -2.35. The lowest BCUT2D eigenvalue weighted by atomic mass is 9.84. The second-order valence-electron chi connectivity index (χ2n) is 5.87. The van der Waals surface area contributed by atoms with Crippen molar-refractivity contribution in [1.82, 2.24) is 10.3 Å². The molecule has 1 aromatic heterocycles. The van der Waals surface area contributed by atoms with Gasteiger partial charge in [0, 0.05) is 25.0 Å². The first kappa shape index (κ1) is 11.2. The van der Waals surface area contributed by atoms with Crippen LogP contribution >= 0.6 is 0 Å². The molecule has 0 radical (unpaired) electrons. The SMILES string of the molecule is CC(NCc1cccnc1)C1CC2CCC1C2. The molecule has 2 bridgehead atoms. The van der Waals surface area contributed by atoms with Crippen LogP contribution in [0.3, 0.4) is 0 Å². The van der Waals surface area contributed by atoms with Crippen LogP contribution in [-0.2, 0) is 6.54 Å². The van der Waals surface area contributed by atoms with Crippen molar-refractivity contribution in [2.45, 2.75) is 45.2 Å². The van der Waals surface area contributed by atoms with Crippen molar-refractivity contribution in [3.8, 4) is 0 Å². The van der Waals surface area contributed by atoms with E-state index in [1.54, 1.807) is 0 Å². The largest absolute Gasteiger partial charge is 0.310 e. The molecule has 1 aromatic rings. The molecule has 92 valence electrons.